The lowest BCUT2D eigenvalue weighted by atomic mass is 9.90. The molecule has 1 aliphatic carbocycles. The van der Waals surface area contributed by atoms with Gasteiger partial charge >= 0.3 is 0 Å². The highest BCUT2D eigenvalue weighted by molar-refractivity contribution is 6.32. The minimum Gasteiger partial charge on any atom is -0.507 e. The number of aliphatic hydroxyl groups excluding tert-OH is 1. The van der Waals surface area contributed by atoms with Gasteiger partial charge in [0.15, 0.2) is 5.76 Å². The zero-order valence-electron chi connectivity index (χ0n) is 13.8. The molecule has 0 unspecified atom stereocenters. The maximum absolute atomic E-state index is 10.2. The van der Waals surface area contributed by atoms with Crippen LogP contribution in [-0.2, 0) is 13.0 Å². The highest BCUT2D eigenvalue weighted by Crippen LogP contribution is 2.41. The standard InChI is InChI=1S/C18H21ClN2O4/c19-14-7-12(16(23)8-17(14)24)18-13-9-21(6-5-15(13)20-25-18)10-1-3-11(22)4-2-10/h7-8,10-11,22-24H,1-6,9H2. The van der Waals surface area contributed by atoms with Crippen LogP contribution in [0, 0.1) is 0 Å². The first-order chi connectivity index (χ1) is 12.0. The number of phenols is 2. The molecule has 25 heavy (non-hydrogen) atoms. The summed E-state index contributed by atoms with van der Waals surface area (Å²) in [7, 11) is 0. The molecule has 1 fully saturated rings. The van der Waals surface area contributed by atoms with Crippen molar-refractivity contribution in [1.82, 2.24) is 10.1 Å². The fourth-order valence-electron chi connectivity index (χ4n) is 3.91. The molecule has 2 aliphatic rings. The monoisotopic (exact) mass is 364 g/mol. The van der Waals surface area contributed by atoms with E-state index >= 15 is 0 Å². The van der Waals surface area contributed by atoms with Crippen LogP contribution >= 0.6 is 11.6 Å². The van der Waals surface area contributed by atoms with Gasteiger partial charge in [0, 0.05) is 37.2 Å². The van der Waals surface area contributed by atoms with Gasteiger partial charge in [0.05, 0.1) is 22.4 Å². The van der Waals surface area contributed by atoms with Crippen molar-refractivity contribution in [2.45, 2.75) is 50.8 Å². The maximum Gasteiger partial charge on any atom is 0.175 e. The average molecular weight is 365 g/mol. The molecule has 4 rings (SSSR count). The number of fused-ring (bicyclic) bond motifs is 1. The van der Waals surface area contributed by atoms with Crippen LogP contribution in [0.1, 0.15) is 36.9 Å². The van der Waals surface area contributed by atoms with E-state index in [0.29, 0.717) is 23.9 Å². The Labute approximate surface area is 150 Å². The largest absolute Gasteiger partial charge is 0.507 e. The fourth-order valence-corrected chi connectivity index (χ4v) is 4.08. The number of aliphatic hydroxyl groups is 1. The second-order valence-electron chi connectivity index (χ2n) is 6.94. The molecule has 7 heteroatoms. The van der Waals surface area contributed by atoms with Crippen LogP contribution in [-0.4, -0.2) is 44.1 Å². The molecule has 2 aromatic rings. The van der Waals surface area contributed by atoms with Gasteiger partial charge in [0.2, 0.25) is 0 Å². The molecule has 0 bridgehead atoms. The minimum absolute atomic E-state index is 0.0845. The third-order valence-electron chi connectivity index (χ3n) is 5.36. The first-order valence-electron chi connectivity index (χ1n) is 8.64. The van der Waals surface area contributed by atoms with Gasteiger partial charge in [-0.1, -0.05) is 16.8 Å². The second kappa shape index (κ2) is 6.52. The Balaban J connectivity index is 1.63. The van der Waals surface area contributed by atoms with Crippen molar-refractivity contribution in [3.05, 3.63) is 28.4 Å². The number of aromatic hydroxyl groups is 2. The highest BCUT2D eigenvalue weighted by Gasteiger charge is 2.31. The summed E-state index contributed by atoms with van der Waals surface area (Å²) in [5.74, 6) is 0.257. The Hall–Kier alpha value is -1.76. The summed E-state index contributed by atoms with van der Waals surface area (Å²) in [6, 6.07) is 3.18. The van der Waals surface area contributed by atoms with E-state index in [0.717, 1.165) is 49.9 Å². The van der Waals surface area contributed by atoms with Gasteiger partial charge in [-0.3, -0.25) is 4.90 Å². The van der Waals surface area contributed by atoms with Crippen LogP contribution < -0.4 is 0 Å². The molecule has 0 atom stereocenters. The van der Waals surface area contributed by atoms with Gasteiger partial charge in [-0.25, -0.2) is 0 Å². The summed E-state index contributed by atoms with van der Waals surface area (Å²) in [6.07, 6.45) is 4.31. The lowest BCUT2D eigenvalue weighted by Crippen LogP contribution is -2.42. The van der Waals surface area contributed by atoms with Crippen LogP contribution in [0.2, 0.25) is 5.02 Å². The van der Waals surface area contributed by atoms with E-state index in [4.69, 9.17) is 16.1 Å². The van der Waals surface area contributed by atoms with Crippen molar-refractivity contribution in [3.8, 4) is 22.8 Å². The Kier molecular flexibility index (Phi) is 4.35. The second-order valence-corrected chi connectivity index (χ2v) is 7.35. The first-order valence-corrected chi connectivity index (χ1v) is 9.02. The van der Waals surface area contributed by atoms with Gasteiger partial charge in [-0.05, 0) is 31.7 Å². The topological polar surface area (TPSA) is 90.0 Å². The SMILES string of the molecule is Oc1cc(O)c(-c2onc3c2CN(C2CCC(O)CC2)CC3)cc1Cl. The zero-order chi connectivity index (χ0) is 17.6. The predicted octanol–water partition coefficient (Wildman–Crippen LogP) is 3.07. The summed E-state index contributed by atoms with van der Waals surface area (Å²) in [4.78, 5) is 2.41. The summed E-state index contributed by atoms with van der Waals surface area (Å²) < 4.78 is 5.52. The zero-order valence-corrected chi connectivity index (χ0v) is 14.5. The lowest BCUT2D eigenvalue weighted by Gasteiger charge is -2.37. The third-order valence-corrected chi connectivity index (χ3v) is 5.66. The molecule has 1 aromatic heterocycles. The number of rotatable bonds is 2. The van der Waals surface area contributed by atoms with Crippen LogP contribution in [0.4, 0.5) is 0 Å². The number of halogens is 1. The number of hydrogen-bond acceptors (Lipinski definition) is 6. The average Bonchev–Trinajstić information content (AvgIpc) is 3.02. The first kappa shape index (κ1) is 16.7. The molecule has 0 amide bonds. The molecule has 1 aliphatic heterocycles. The Morgan fingerprint density at radius 1 is 1.12 bits per heavy atom. The molecule has 2 heterocycles. The number of benzene rings is 1. The van der Waals surface area contributed by atoms with Gasteiger partial charge in [0.1, 0.15) is 11.5 Å². The van der Waals surface area contributed by atoms with Crippen molar-refractivity contribution in [1.29, 1.82) is 0 Å². The molecule has 1 saturated carbocycles. The molecule has 1 aromatic carbocycles. The molecule has 0 spiro atoms. The van der Waals surface area contributed by atoms with Gasteiger partial charge in [0.25, 0.3) is 0 Å². The summed E-state index contributed by atoms with van der Waals surface area (Å²) in [6.45, 7) is 1.62. The highest BCUT2D eigenvalue weighted by atomic mass is 35.5. The quantitative estimate of drug-likeness (QED) is 0.758. The van der Waals surface area contributed by atoms with Crippen molar-refractivity contribution in [2.24, 2.45) is 0 Å². The summed E-state index contributed by atoms with van der Waals surface area (Å²) in [5, 5.41) is 33.8. The predicted molar refractivity (Wildman–Crippen MR) is 92.7 cm³/mol. The number of hydrogen-bond donors (Lipinski definition) is 3. The number of phenolic OH excluding ortho intramolecular Hbond substituents is 2. The smallest absolute Gasteiger partial charge is 0.175 e. The number of nitrogens with zero attached hydrogens (tertiary/aromatic N) is 2. The van der Waals surface area contributed by atoms with Crippen molar-refractivity contribution < 1.29 is 19.8 Å². The molecule has 3 N–H and O–H groups in total. The van der Waals surface area contributed by atoms with Crippen LogP contribution in [0.15, 0.2) is 16.7 Å². The van der Waals surface area contributed by atoms with E-state index in [2.05, 4.69) is 10.1 Å². The molecule has 6 nitrogen and oxygen atoms in total. The van der Waals surface area contributed by atoms with E-state index in [1.807, 2.05) is 0 Å². The van der Waals surface area contributed by atoms with Crippen LogP contribution in [0.3, 0.4) is 0 Å². The molecule has 0 saturated heterocycles. The Bertz CT molecular complexity index is 784. The molecular weight excluding hydrogens is 344 g/mol. The van der Waals surface area contributed by atoms with Gasteiger partial charge in [-0.15, -0.1) is 0 Å². The van der Waals surface area contributed by atoms with Crippen molar-refractivity contribution >= 4 is 11.6 Å². The molecule has 134 valence electrons. The van der Waals surface area contributed by atoms with Crippen LogP contribution in [0.5, 0.6) is 11.5 Å². The maximum atomic E-state index is 10.2. The van der Waals surface area contributed by atoms with E-state index in [1.165, 1.54) is 12.1 Å². The Morgan fingerprint density at radius 2 is 1.88 bits per heavy atom. The van der Waals surface area contributed by atoms with Gasteiger partial charge < -0.3 is 19.8 Å². The van der Waals surface area contributed by atoms with E-state index in [9.17, 15) is 15.3 Å². The van der Waals surface area contributed by atoms with E-state index in [-0.39, 0.29) is 22.6 Å². The third kappa shape index (κ3) is 3.10. The molecular formula is C18H21ClN2O4. The molecule has 0 radical (unpaired) electrons. The van der Waals surface area contributed by atoms with Gasteiger partial charge in [-0.2, -0.15) is 0 Å². The van der Waals surface area contributed by atoms with Crippen molar-refractivity contribution in [3.63, 3.8) is 0 Å². The Morgan fingerprint density at radius 3 is 2.64 bits per heavy atom. The summed E-state index contributed by atoms with van der Waals surface area (Å²) >= 11 is 5.99. The normalized spacial score (nSPS) is 24.2. The minimum atomic E-state index is -0.168. The van der Waals surface area contributed by atoms with E-state index < -0.39 is 0 Å². The summed E-state index contributed by atoms with van der Waals surface area (Å²) in [5.41, 5.74) is 2.32. The van der Waals surface area contributed by atoms with Crippen molar-refractivity contribution in [2.75, 3.05) is 6.54 Å². The fraction of sp³-hybridized carbons (Fsp3) is 0.500. The number of aromatic nitrogens is 1. The lowest BCUT2D eigenvalue weighted by molar-refractivity contribution is 0.0677. The van der Waals surface area contributed by atoms with Crippen LogP contribution in [0.25, 0.3) is 11.3 Å². The van der Waals surface area contributed by atoms with E-state index in [1.54, 1.807) is 0 Å².